The lowest BCUT2D eigenvalue weighted by atomic mass is 9.99. The summed E-state index contributed by atoms with van der Waals surface area (Å²) in [6.45, 7) is 1.54. The monoisotopic (exact) mass is 349 g/mol. The van der Waals surface area contributed by atoms with Gasteiger partial charge in [-0.2, -0.15) is 0 Å². The van der Waals surface area contributed by atoms with Gasteiger partial charge in [0.05, 0.1) is 10.7 Å². The Kier molecular flexibility index (Phi) is 4.57. The van der Waals surface area contributed by atoms with E-state index in [1.165, 1.54) is 11.1 Å². The number of thiazole rings is 1. The molecule has 5 heteroatoms. The van der Waals surface area contributed by atoms with Gasteiger partial charge < -0.3 is 4.90 Å². The van der Waals surface area contributed by atoms with Crippen LogP contribution >= 0.6 is 11.3 Å². The molecular formula is C20H19N3OS. The number of fused-ring (bicyclic) bond motifs is 1. The van der Waals surface area contributed by atoms with Gasteiger partial charge in [-0.3, -0.25) is 9.78 Å². The van der Waals surface area contributed by atoms with E-state index in [-0.39, 0.29) is 5.91 Å². The Hall–Kier alpha value is -2.53. The van der Waals surface area contributed by atoms with Gasteiger partial charge in [-0.1, -0.05) is 24.3 Å². The molecule has 0 aliphatic carbocycles. The number of hydrogen-bond donors (Lipinski definition) is 0. The molecule has 0 N–H and O–H groups in total. The van der Waals surface area contributed by atoms with Gasteiger partial charge in [0.1, 0.15) is 0 Å². The summed E-state index contributed by atoms with van der Waals surface area (Å²) in [5.74, 6) is 0.215. The van der Waals surface area contributed by atoms with Crippen LogP contribution in [0.25, 0.3) is 11.3 Å². The van der Waals surface area contributed by atoms with Crippen LogP contribution in [0.1, 0.15) is 22.6 Å². The zero-order valence-corrected chi connectivity index (χ0v) is 14.7. The quantitative estimate of drug-likeness (QED) is 0.721. The fourth-order valence-electron chi connectivity index (χ4n) is 3.15. The number of benzene rings is 1. The molecule has 4 rings (SSSR count). The molecular weight excluding hydrogens is 330 g/mol. The number of aryl methyl sites for hydroxylation is 1. The lowest BCUT2D eigenvalue weighted by molar-refractivity contribution is -0.132. The number of carbonyl (C=O) groups excluding carboxylic acids is 1. The van der Waals surface area contributed by atoms with E-state index in [0.29, 0.717) is 12.8 Å². The van der Waals surface area contributed by atoms with Gasteiger partial charge in [0, 0.05) is 49.3 Å². The van der Waals surface area contributed by atoms with Gasteiger partial charge in [0.15, 0.2) is 0 Å². The average molecular weight is 349 g/mol. The summed E-state index contributed by atoms with van der Waals surface area (Å²) in [4.78, 5) is 23.3. The molecule has 126 valence electrons. The second kappa shape index (κ2) is 7.15. The fourth-order valence-corrected chi connectivity index (χ4v) is 3.96. The molecule has 0 spiro atoms. The fraction of sp³-hybridized carbons (Fsp3) is 0.250. The maximum atomic E-state index is 12.6. The van der Waals surface area contributed by atoms with Crippen LogP contribution in [0.4, 0.5) is 0 Å². The van der Waals surface area contributed by atoms with Crippen LogP contribution < -0.4 is 0 Å². The molecule has 0 bridgehead atoms. The minimum atomic E-state index is 0.215. The summed E-state index contributed by atoms with van der Waals surface area (Å²) in [6.07, 6.45) is 5.73. The first kappa shape index (κ1) is 16.0. The van der Waals surface area contributed by atoms with Gasteiger partial charge >= 0.3 is 0 Å². The Morgan fingerprint density at radius 1 is 1.16 bits per heavy atom. The lowest BCUT2D eigenvalue weighted by Gasteiger charge is -2.28. The summed E-state index contributed by atoms with van der Waals surface area (Å²) in [6, 6.07) is 12.3. The Morgan fingerprint density at radius 3 is 2.88 bits per heavy atom. The van der Waals surface area contributed by atoms with E-state index in [4.69, 9.17) is 0 Å². The van der Waals surface area contributed by atoms with Crippen molar-refractivity contribution in [2.24, 2.45) is 0 Å². The van der Waals surface area contributed by atoms with Crippen LogP contribution in [-0.4, -0.2) is 27.3 Å². The molecule has 0 radical (unpaired) electrons. The van der Waals surface area contributed by atoms with Crippen molar-refractivity contribution in [1.82, 2.24) is 14.9 Å². The molecule has 0 unspecified atom stereocenters. The molecule has 2 aromatic heterocycles. The Bertz CT molecular complexity index is 875. The van der Waals surface area contributed by atoms with E-state index in [1.54, 1.807) is 17.5 Å². The number of amides is 1. The van der Waals surface area contributed by atoms with Crippen molar-refractivity contribution in [2.75, 3.05) is 6.54 Å². The van der Waals surface area contributed by atoms with E-state index in [0.717, 1.165) is 35.8 Å². The zero-order valence-electron chi connectivity index (χ0n) is 13.9. The molecule has 0 saturated heterocycles. The highest BCUT2D eigenvalue weighted by atomic mass is 32.1. The highest BCUT2D eigenvalue weighted by Gasteiger charge is 2.20. The maximum absolute atomic E-state index is 12.6. The largest absolute Gasteiger partial charge is 0.338 e. The van der Waals surface area contributed by atoms with Gasteiger partial charge in [0.2, 0.25) is 5.91 Å². The number of nitrogens with zero attached hydrogens (tertiary/aromatic N) is 3. The lowest BCUT2D eigenvalue weighted by Crippen LogP contribution is -2.36. The highest BCUT2D eigenvalue weighted by molar-refractivity contribution is 7.09. The molecule has 1 amide bonds. The van der Waals surface area contributed by atoms with Crippen molar-refractivity contribution in [1.29, 1.82) is 0 Å². The highest BCUT2D eigenvalue weighted by Crippen LogP contribution is 2.23. The summed E-state index contributed by atoms with van der Waals surface area (Å²) >= 11 is 1.61. The molecule has 0 atom stereocenters. The van der Waals surface area contributed by atoms with Gasteiger partial charge in [-0.05, 0) is 29.7 Å². The number of rotatable bonds is 4. The molecule has 25 heavy (non-hydrogen) atoms. The maximum Gasteiger partial charge on any atom is 0.223 e. The summed E-state index contributed by atoms with van der Waals surface area (Å²) < 4.78 is 0. The van der Waals surface area contributed by atoms with Crippen LogP contribution in [0, 0.1) is 0 Å². The van der Waals surface area contributed by atoms with Crippen molar-refractivity contribution in [3.63, 3.8) is 0 Å². The smallest absolute Gasteiger partial charge is 0.223 e. The zero-order chi connectivity index (χ0) is 17.1. The first-order valence-electron chi connectivity index (χ1n) is 8.49. The van der Waals surface area contributed by atoms with Gasteiger partial charge in [-0.25, -0.2) is 4.98 Å². The van der Waals surface area contributed by atoms with Crippen molar-refractivity contribution < 1.29 is 4.79 Å². The Balaban J connectivity index is 1.36. The van der Waals surface area contributed by atoms with Crippen LogP contribution in [0.5, 0.6) is 0 Å². The van der Waals surface area contributed by atoms with Crippen molar-refractivity contribution in [2.45, 2.75) is 25.8 Å². The Morgan fingerprint density at radius 2 is 2.04 bits per heavy atom. The van der Waals surface area contributed by atoms with Gasteiger partial charge in [-0.15, -0.1) is 11.3 Å². The minimum absolute atomic E-state index is 0.215. The summed E-state index contributed by atoms with van der Waals surface area (Å²) in [5.41, 5.74) is 4.60. The normalized spacial score (nSPS) is 13.5. The molecule has 0 saturated carbocycles. The van der Waals surface area contributed by atoms with E-state index in [1.807, 2.05) is 34.7 Å². The van der Waals surface area contributed by atoms with E-state index in [9.17, 15) is 4.79 Å². The molecule has 1 aliphatic heterocycles. The van der Waals surface area contributed by atoms with Gasteiger partial charge in [0.25, 0.3) is 0 Å². The van der Waals surface area contributed by atoms with E-state index < -0.39 is 0 Å². The number of hydrogen-bond acceptors (Lipinski definition) is 4. The third-order valence-corrected chi connectivity index (χ3v) is 5.45. The van der Waals surface area contributed by atoms with Crippen LogP contribution in [0.3, 0.4) is 0 Å². The van der Waals surface area contributed by atoms with Crippen LogP contribution in [-0.2, 0) is 24.2 Å². The van der Waals surface area contributed by atoms with Crippen LogP contribution in [0.15, 0.2) is 54.2 Å². The van der Waals surface area contributed by atoms with Crippen molar-refractivity contribution >= 4 is 17.2 Å². The molecule has 3 heterocycles. The minimum Gasteiger partial charge on any atom is -0.338 e. The Labute approximate surface area is 151 Å². The number of aromatic nitrogens is 2. The predicted molar refractivity (Wildman–Crippen MR) is 99.2 cm³/mol. The first-order valence-corrected chi connectivity index (χ1v) is 9.37. The average Bonchev–Trinajstić information content (AvgIpc) is 3.15. The summed E-state index contributed by atoms with van der Waals surface area (Å²) in [5, 5.41) is 3.04. The number of carbonyl (C=O) groups is 1. The molecule has 1 aromatic carbocycles. The molecule has 4 nitrogen and oxygen atoms in total. The van der Waals surface area contributed by atoms with Crippen LogP contribution in [0.2, 0.25) is 0 Å². The number of pyridine rings is 1. The predicted octanol–water partition coefficient (Wildman–Crippen LogP) is 3.72. The van der Waals surface area contributed by atoms with Crippen molar-refractivity contribution in [3.05, 3.63) is 70.3 Å². The third kappa shape index (κ3) is 3.61. The molecule has 3 aromatic rings. The topological polar surface area (TPSA) is 46.1 Å². The summed E-state index contributed by atoms with van der Waals surface area (Å²) in [7, 11) is 0. The second-order valence-electron chi connectivity index (χ2n) is 6.20. The molecule has 0 fully saturated rings. The molecule has 1 aliphatic rings. The second-order valence-corrected chi connectivity index (χ2v) is 7.14. The van der Waals surface area contributed by atoms with E-state index in [2.05, 4.69) is 28.2 Å². The third-order valence-electron chi connectivity index (χ3n) is 4.55. The SMILES string of the molecule is O=C(CCc1nc(-c2cccnc2)cs1)N1CCc2ccccc2C1. The standard InChI is InChI=1S/C20H19N3OS/c24-20(23-11-9-15-4-1-2-5-17(15)13-23)8-7-19-22-18(14-25-19)16-6-3-10-21-12-16/h1-6,10,12,14H,7-9,11,13H2. The van der Waals surface area contributed by atoms with E-state index >= 15 is 0 Å². The van der Waals surface area contributed by atoms with Crippen molar-refractivity contribution in [3.8, 4) is 11.3 Å². The first-order chi connectivity index (χ1) is 12.3.